The number of carbonyl (C=O) groups excluding carboxylic acids is 1. The SMILES string of the molecule is CC(CO)(CC(=O)OC(C)(C)C)CC(F)F. The Morgan fingerprint density at radius 2 is 1.81 bits per heavy atom. The third-order valence-corrected chi connectivity index (χ3v) is 2.02. The van der Waals surface area contributed by atoms with E-state index in [1.165, 1.54) is 6.92 Å². The number of aliphatic hydroxyl groups excluding tert-OH is 1. The Labute approximate surface area is 94.8 Å². The molecule has 0 aliphatic carbocycles. The van der Waals surface area contributed by atoms with E-state index in [9.17, 15) is 13.6 Å². The van der Waals surface area contributed by atoms with Crippen molar-refractivity contribution in [3.8, 4) is 0 Å². The van der Waals surface area contributed by atoms with E-state index >= 15 is 0 Å². The smallest absolute Gasteiger partial charge is 0.306 e. The minimum atomic E-state index is -2.54. The Bertz CT molecular complexity index is 236. The molecule has 0 aliphatic rings. The second kappa shape index (κ2) is 5.57. The predicted octanol–water partition coefficient (Wildman–Crippen LogP) is 2.37. The highest BCUT2D eigenvalue weighted by Gasteiger charge is 2.32. The first-order chi connectivity index (χ1) is 7.08. The lowest BCUT2D eigenvalue weighted by atomic mass is 9.84. The molecule has 0 rings (SSSR count). The monoisotopic (exact) mass is 238 g/mol. The second-order valence-corrected chi connectivity index (χ2v) is 5.33. The maximum Gasteiger partial charge on any atom is 0.306 e. The summed E-state index contributed by atoms with van der Waals surface area (Å²) in [5, 5.41) is 9.04. The summed E-state index contributed by atoms with van der Waals surface area (Å²) in [4.78, 5) is 11.4. The first kappa shape index (κ1) is 15.3. The summed E-state index contributed by atoms with van der Waals surface area (Å²) in [6.07, 6.45) is -3.26. The van der Waals surface area contributed by atoms with Crippen molar-refractivity contribution in [2.24, 2.45) is 5.41 Å². The maximum atomic E-state index is 12.2. The van der Waals surface area contributed by atoms with Crippen LogP contribution in [0.2, 0.25) is 0 Å². The van der Waals surface area contributed by atoms with Crippen LogP contribution >= 0.6 is 0 Å². The van der Waals surface area contributed by atoms with E-state index in [0.29, 0.717) is 0 Å². The fourth-order valence-electron chi connectivity index (χ4n) is 1.29. The molecular weight excluding hydrogens is 218 g/mol. The number of ether oxygens (including phenoxy) is 1. The number of carbonyl (C=O) groups is 1. The van der Waals surface area contributed by atoms with Crippen LogP contribution in [0.3, 0.4) is 0 Å². The average molecular weight is 238 g/mol. The van der Waals surface area contributed by atoms with Crippen LogP contribution in [0.1, 0.15) is 40.5 Å². The molecule has 0 spiro atoms. The molecule has 0 radical (unpaired) electrons. The van der Waals surface area contributed by atoms with E-state index in [4.69, 9.17) is 9.84 Å². The lowest BCUT2D eigenvalue weighted by molar-refractivity contribution is -0.158. The molecule has 96 valence electrons. The maximum absolute atomic E-state index is 12.2. The molecule has 0 bridgehead atoms. The van der Waals surface area contributed by atoms with Gasteiger partial charge < -0.3 is 9.84 Å². The summed E-state index contributed by atoms with van der Waals surface area (Å²) in [6.45, 7) is 6.09. The van der Waals surface area contributed by atoms with Gasteiger partial charge in [-0.25, -0.2) is 8.78 Å². The largest absolute Gasteiger partial charge is 0.460 e. The van der Waals surface area contributed by atoms with Gasteiger partial charge in [0.15, 0.2) is 0 Å². The first-order valence-electron chi connectivity index (χ1n) is 5.19. The minimum absolute atomic E-state index is 0.203. The summed E-state index contributed by atoms with van der Waals surface area (Å²) in [5.74, 6) is -0.565. The fraction of sp³-hybridized carbons (Fsp3) is 0.909. The molecule has 0 saturated carbocycles. The van der Waals surface area contributed by atoms with Crippen LogP contribution < -0.4 is 0 Å². The van der Waals surface area contributed by atoms with E-state index in [1.54, 1.807) is 20.8 Å². The molecule has 16 heavy (non-hydrogen) atoms. The van der Waals surface area contributed by atoms with E-state index in [2.05, 4.69) is 0 Å². The molecule has 1 atom stereocenters. The average Bonchev–Trinajstić information content (AvgIpc) is 1.98. The van der Waals surface area contributed by atoms with Crippen LogP contribution in [0, 0.1) is 5.41 Å². The van der Waals surface area contributed by atoms with Gasteiger partial charge in [-0.2, -0.15) is 0 Å². The van der Waals surface area contributed by atoms with Crippen LogP contribution in [-0.2, 0) is 9.53 Å². The number of halogens is 2. The Hall–Kier alpha value is -0.710. The van der Waals surface area contributed by atoms with E-state index in [-0.39, 0.29) is 6.42 Å². The van der Waals surface area contributed by atoms with Crippen molar-refractivity contribution in [3.05, 3.63) is 0 Å². The third kappa shape index (κ3) is 6.71. The molecule has 1 N–H and O–H groups in total. The summed E-state index contributed by atoms with van der Waals surface area (Å²) >= 11 is 0. The number of alkyl halides is 2. The van der Waals surface area contributed by atoms with Crippen LogP contribution in [0.15, 0.2) is 0 Å². The van der Waals surface area contributed by atoms with Crippen LogP contribution in [-0.4, -0.2) is 29.7 Å². The molecule has 0 amide bonds. The van der Waals surface area contributed by atoms with Crippen molar-refractivity contribution >= 4 is 5.97 Å². The lowest BCUT2D eigenvalue weighted by Crippen LogP contribution is -2.32. The number of hydrogen-bond acceptors (Lipinski definition) is 3. The quantitative estimate of drug-likeness (QED) is 0.748. The summed E-state index contributed by atoms with van der Waals surface area (Å²) in [7, 11) is 0. The molecule has 0 saturated heterocycles. The molecule has 0 aliphatic heterocycles. The Balaban J connectivity index is 4.37. The number of hydrogen-bond donors (Lipinski definition) is 1. The van der Waals surface area contributed by atoms with E-state index in [1.807, 2.05) is 0 Å². The van der Waals surface area contributed by atoms with Crippen molar-refractivity contribution in [3.63, 3.8) is 0 Å². The van der Waals surface area contributed by atoms with Gasteiger partial charge in [0.05, 0.1) is 6.42 Å². The molecular formula is C11H20F2O3. The van der Waals surface area contributed by atoms with Gasteiger partial charge in [0.25, 0.3) is 0 Å². The Kier molecular flexibility index (Phi) is 5.32. The van der Waals surface area contributed by atoms with E-state index in [0.717, 1.165) is 0 Å². The summed E-state index contributed by atoms with van der Waals surface area (Å²) in [5.41, 5.74) is -1.76. The highest BCUT2D eigenvalue weighted by atomic mass is 19.3. The third-order valence-electron chi connectivity index (χ3n) is 2.02. The molecule has 0 aromatic rings. The van der Waals surface area contributed by atoms with Crippen LogP contribution in [0.25, 0.3) is 0 Å². The van der Waals surface area contributed by atoms with Gasteiger partial charge in [-0.3, -0.25) is 4.79 Å². The van der Waals surface area contributed by atoms with Crippen molar-refractivity contribution in [1.29, 1.82) is 0 Å². The normalized spacial score (nSPS) is 16.0. The van der Waals surface area contributed by atoms with Crippen molar-refractivity contribution in [2.45, 2.75) is 52.6 Å². The molecule has 0 aromatic carbocycles. The van der Waals surface area contributed by atoms with Gasteiger partial charge in [-0.1, -0.05) is 6.92 Å². The van der Waals surface area contributed by atoms with Crippen molar-refractivity contribution in [1.82, 2.24) is 0 Å². The van der Waals surface area contributed by atoms with Gasteiger partial charge in [-0.05, 0) is 20.8 Å². The number of aliphatic hydroxyl groups is 1. The second-order valence-electron chi connectivity index (χ2n) is 5.33. The molecule has 3 nitrogen and oxygen atoms in total. The predicted molar refractivity (Wildman–Crippen MR) is 56.3 cm³/mol. The molecule has 0 heterocycles. The summed E-state index contributed by atoms with van der Waals surface area (Å²) < 4.78 is 29.5. The lowest BCUT2D eigenvalue weighted by Gasteiger charge is -2.28. The molecule has 5 heteroatoms. The number of rotatable bonds is 5. The zero-order chi connectivity index (χ0) is 13.0. The topological polar surface area (TPSA) is 46.5 Å². The molecule has 0 fully saturated rings. The highest BCUT2D eigenvalue weighted by Crippen LogP contribution is 2.29. The van der Waals surface area contributed by atoms with Gasteiger partial charge in [-0.15, -0.1) is 0 Å². The van der Waals surface area contributed by atoms with Crippen molar-refractivity contribution in [2.75, 3.05) is 6.61 Å². The Morgan fingerprint density at radius 3 is 2.12 bits per heavy atom. The van der Waals surface area contributed by atoms with Crippen LogP contribution in [0.5, 0.6) is 0 Å². The zero-order valence-corrected chi connectivity index (χ0v) is 10.2. The highest BCUT2D eigenvalue weighted by molar-refractivity contribution is 5.70. The summed E-state index contributed by atoms with van der Waals surface area (Å²) in [6, 6.07) is 0. The fourth-order valence-corrected chi connectivity index (χ4v) is 1.29. The standard InChI is InChI=1S/C11H20F2O3/c1-10(2,3)16-9(15)6-11(4,7-14)5-8(12)13/h8,14H,5-7H2,1-4H3. The van der Waals surface area contributed by atoms with Crippen LogP contribution in [0.4, 0.5) is 8.78 Å². The number of esters is 1. The van der Waals surface area contributed by atoms with Gasteiger partial charge in [0.1, 0.15) is 5.60 Å². The van der Waals surface area contributed by atoms with Gasteiger partial charge in [0.2, 0.25) is 6.43 Å². The van der Waals surface area contributed by atoms with Gasteiger partial charge >= 0.3 is 5.97 Å². The van der Waals surface area contributed by atoms with Gasteiger partial charge in [0, 0.05) is 18.4 Å². The van der Waals surface area contributed by atoms with E-state index < -0.39 is 36.4 Å². The van der Waals surface area contributed by atoms with Crippen molar-refractivity contribution < 1.29 is 23.4 Å². The Morgan fingerprint density at radius 1 is 1.31 bits per heavy atom. The zero-order valence-electron chi connectivity index (χ0n) is 10.2. The minimum Gasteiger partial charge on any atom is -0.460 e. The molecule has 1 unspecified atom stereocenters. The first-order valence-corrected chi connectivity index (χ1v) is 5.19. The molecule has 0 aromatic heterocycles.